The summed E-state index contributed by atoms with van der Waals surface area (Å²) in [5.41, 5.74) is 13.4. The van der Waals surface area contributed by atoms with Gasteiger partial charge in [0.1, 0.15) is 11.6 Å². The number of ether oxygens (including phenoxy) is 1. The van der Waals surface area contributed by atoms with E-state index in [1.807, 2.05) is 0 Å². The first-order chi connectivity index (χ1) is 14.4. The van der Waals surface area contributed by atoms with Crippen LogP contribution in [0.25, 0.3) is 0 Å². The number of nitrogens with two attached hydrogens (primary N) is 2. The summed E-state index contributed by atoms with van der Waals surface area (Å²) in [4.78, 5) is 17.0. The second kappa shape index (κ2) is 10.2. The van der Waals surface area contributed by atoms with Crippen LogP contribution in [0, 0.1) is 11.6 Å². The van der Waals surface area contributed by atoms with E-state index >= 15 is 0 Å². The summed E-state index contributed by atoms with van der Waals surface area (Å²) >= 11 is 0. The van der Waals surface area contributed by atoms with E-state index in [4.69, 9.17) is 16.2 Å². The maximum absolute atomic E-state index is 13.1. The van der Waals surface area contributed by atoms with Gasteiger partial charge in [0, 0.05) is 18.2 Å². The Morgan fingerprint density at radius 2 is 1.73 bits per heavy atom. The molecule has 0 aliphatic carbocycles. The second-order valence-corrected chi connectivity index (χ2v) is 7.10. The van der Waals surface area contributed by atoms with Gasteiger partial charge in [0.15, 0.2) is 5.96 Å². The molecule has 6 N–H and O–H groups in total. The summed E-state index contributed by atoms with van der Waals surface area (Å²) < 4.78 is 31.5. The molecule has 0 bridgehead atoms. The Morgan fingerprint density at radius 1 is 1.10 bits per heavy atom. The van der Waals surface area contributed by atoms with E-state index in [2.05, 4.69) is 15.6 Å². The quantitative estimate of drug-likeness (QED) is 0.325. The lowest BCUT2D eigenvalue weighted by Gasteiger charge is -2.22. The standard InChI is InChI=1S/C21H25F2N5O2/c22-15-5-1-13(2-6-15)18(24)11-19(25)27-21(26-17-9-10-30-12-17)28-20(29)14-3-7-16(23)8-4-14/h1-8,17-19H,9-12,24-25H2,(H2,26,27,28,29)/t17-,18?,19?/m1/s1. The molecule has 1 saturated heterocycles. The van der Waals surface area contributed by atoms with Gasteiger partial charge < -0.3 is 21.5 Å². The molecular formula is C21H25F2N5O2. The predicted molar refractivity (Wildman–Crippen MR) is 110 cm³/mol. The third-order valence-corrected chi connectivity index (χ3v) is 4.68. The number of carbonyl (C=O) groups excluding carboxylic acids is 1. The lowest BCUT2D eigenvalue weighted by atomic mass is 10.0. The fraction of sp³-hybridized carbons (Fsp3) is 0.333. The van der Waals surface area contributed by atoms with Gasteiger partial charge in [-0.15, -0.1) is 0 Å². The van der Waals surface area contributed by atoms with Crippen LogP contribution in [0.5, 0.6) is 0 Å². The molecule has 2 aromatic rings. The normalized spacial score (nSPS) is 18.7. The molecule has 0 spiro atoms. The summed E-state index contributed by atoms with van der Waals surface area (Å²) in [6, 6.07) is 10.5. The first-order valence-corrected chi connectivity index (χ1v) is 9.66. The van der Waals surface area contributed by atoms with Crippen LogP contribution >= 0.6 is 0 Å². The molecule has 1 aliphatic rings. The van der Waals surface area contributed by atoms with Crippen molar-refractivity contribution >= 4 is 11.9 Å². The van der Waals surface area contributed by atoms with E-state index in [0.717, 1.165) is 12.0 Å². The highest BCUT2D eigenvalue weighted by Crippen LogP contribution is 2.15. The van der Waals surface area contributed by atoms with E-state index in [0.29, 0.717) is 19.6 Å². The minimum atomic E-state index is -0.625. The van der Waals surface area contributed by atoms with Crippen LogP contribution < -0.4 is 22.1 Å². The Balaban J connectivity index is 1.66. The van der Waals surface area contributed by atoms with E-state index in [1.165, 1.54) is 36.4 Å². The smallest absolute Gasteiger partial charge is 0.257 e. The van der Waals surface area contributed by atoms with Gasteiger partial charge in [0.2, 0.25) is 0 Å². The monoisotopic (exact) mass is 417 g/mol. The number of aliphatic imine (C=N–C) groups is 1. The SMILES string of the molecule is NC(CC(N)c1ccc(F)cc1)NC(=N[C@@H]1CCOC1)NC(=O)c1ccc(F)cc1. The fourth-order valence-corrected chi connectivity index (χ4v) is 3.05. The van der Waals surface area contributed by atoms with E-state index in [9.17, 15) is 13.6 Å². The number of guanidine groups is 1. The molecule has 0 radical (unpaired) electrons. The van der Waals surface area contributed by atoms with Crippen LogP contribution in [0.4, 0.5) is 8.78 Å². The van der Waals surface area contributed by atoms with E-state index < -0.39 is 23.9 Å². The third-order valence-electron chi connectivity index (χ3n) is 4.68. The summed E-state index contributed by atoms with van der Waals surface area (Å²) in [5.74, 6) is -1.03. The molecule has 0 saturated carbocycles. The summed E-state index contributed by atoms with van der Waals surface area (Å²) in [6.45, 7) is 1.04. The minimum absolute atomic E-state index is 0.112. The first-order valence-electron chi connectivity index (χ1n) is 9.66. The number of nitrogens with zero attached hydrogens (tertiary/aromatic N) is 1. The predicted octanol–water partition coefficient (Wildman–Crippen LogP) is 1.80. The van der Waals surface area contributed by atoms with Gasteiger partial charge in [-0.2, -0.15) is 0 Å². The maximum atomic E-state index is 13.1. The van der Waals surface area contributed by atoms with Crippen LogP contribution in [0.1, 0.15) is 34.8 Å². The van der Waals surface area contributed by atoms with Crippen molar-refractivity contribution in [1.29, 1.82) is 0 Å². The van der Waals surface area contributed by atoms with Crippen molar-refractivity contribution in [2.45, 2.75) is 31.1 Å². The summed E-state index contributed by atoms with van der Waals surface area (Å²) in [5, 5.41) is 5.66. The first kappa shape index (κ1) is 21.8. The Morgan fingerprint density at radius 3 is 2.33 bits per heavy atom. The molecule has 3 rings (SSSR count). The molecule has 1 heterocycles. The third kappa shape index (κ3) is 6.31. The van der Waals surface area contributed by atoms with Crippen LogP contribution in [0.3, 0.4) is 0 Å². The van der Waals surface area contributed by atoms with Gasteiger partial charge in [-0.05, 0) is 54.8 Å². The van der Waals surface area contributed by atoms with Crippen molar-refractivity contribution in [1.82, 2.24) is 10.6 Å². The molecule has 0 aromatic heterocycles. The lowest BCUT2D eigenvalue weighted by molar-refractivity contribution is 0.0975. The van der Waals surface area contributed by atoms with E-state index in [1.54, 1.807) is 12.1 Å². The van der Waals surface area contributed by atoms with Crippen molar-refractivity contribution in [2.24, 2.45) is 16.5 Å². The topological polar surface area (TPSA) is 115 Å². The average molecular weight is 417 g/mol. The number of nitrogens with one attached hydrogen (secondary N) is 2. The average Bonchev–Trinajstić information content (AvgIpc) is 3.21. The molecule has 9 heteroatoms. The van der Waals surface area contributed by atoms with Crippen LogP contribution in [0.2, 0.25) is 0 Å². The molecule has 7 nitrogen and oxygen atoms in total. The number of rotatable bonds is 6. The van der Waals surface area contributed by atoms with Gasteiger partial charge in [-0.1, -0.05) is 12.1 Å². The van der Waals surface area contributed by atoms with Crippen molar-refractivity contribution in [3.05, 3.63) is 71.3 Å². The van der Waals surface area contributed by atoms with Crippen molar-refractivity contribution in [3.63, 3.8) is 0 Å². The number of hydrogen-bond acceptors (Lipinski definition) is 5. The highest BCUT2D eigenvalue weighted by Gasteiger charge is 2.19. The van der Waals surface area contributed by atoms with Crippen molar-refractivity contribution in [3.8, 4) is 0 Å². The van der Waals surface area contributed by atoms with Gasteiger partial charge in [0.05, 0.1) is 18.8 Å². The molecule has 2 aromatic carbocycles. The Bertz CT molecular complexity index is 868. The van der Waals surface area contributed by atoms with Gasteiger partial charge in [0.25, 0.3) is 5.91 Å². The molecule has 160 valence electrons. The zero-order valence-corrected chi connectivity index (χ0v) is 16.4. The minimum Gasteiger partial charge on any atom is -0.379 e. The van der Waals surface area contributed by atoms with Crippen LogP contribution in [-0.2, 0) is 4.74 Å². The number of carbonyl (C=O) groups is 1. The van der Waals surface area contributed by atoms with Gasteiger partial charge >= 0.3 is 0 Å². The van der Waals surface area contributed by atoms with E-state index in [-0.39, 0.29) is 23.4 Å². The van der Waals surface area contributed by atoms with Crippen LogP contribution in [0.15, 0.2) is 53.5 Å². The highest BCUT2D eigenvalue weighted by atomic mass is 19.1. The molecule has 1 amide bonds. The largest absolute Gasteiger partial charge is 0.379 e. The van der Waals surface area contributed by atoms with Gasteiger partial charge in [-0.25, -0.2) is 13.8 Å². The maximum Gasteiger partial charge on any atom is 0.257 e. The molecule has 30 heavy (non-hydrogen) atoms. The molecule has 1 aliphatic heterocycles. The Kier molecular flexibility index (Phi) is 7.45. The number of amides is 1. The molecule has 1 fully saturated rings. The molecule has 2 unspecified atom stereocenters. The number of halogens is 2. The zero-order valence-electron chi connectivity index (χ0n) is 16.4. The van der Waals surface area contributed by atoms with Crippen LogP contribution in [-0.4, -0.2) is 37.3 Å². The van der Waals surface area contributed by atoms with Crippen molar-refractivity contribution in [2.75, 3.05) is 13.2 Å². The lowest BCUT2D eigenvalue weighted by Crippen LogP contribution is -2.50. The van der Waals surface area contributed by atoms with Gasteiger partial charge in [-0.3, -0.25) is 10.1 Å². The summed E-state index contributed by atoms with van der Waals surface area (Å²) in [7, 11) is 0. The summed E-state index contributed by atoms with van der Waals surface area (Å²) in [6.07, 6.45) is 0.417. The van der Waals surface area contributed by atoms with Crippen molar-refractivity contribution < 1.29 is 18.3 Å². The Labute approximate surface area is 173 Å². The second-order valence-electron chi connectivity index (χ2n) is 7.10. The number of benzene rings is 2. The highest BCUT2D eigenvalue weighted by molar-refractivity contribution is 6.05. The molecule has 3 atom stereocenters. The fourth-order valence-electron chi connectivity index (χ4n) is 3.05. The number of hydrogen-bond donors (Lipinski definition) is 4. The zero-order chi connectivity index (χ0) is 21.5. The Hall–Kier alpha value is -2.88. The molecular weight excluding hydrogens is 392 g/mol.